The standard InChI is InChI=1S/C33H27N3O5/c1-20-8-12-22(13-9-20)30-31(23-14-10-21(2)11-15-23)36-28-18-24(16-17-27(28)35-30)32(38)41-19-29(37)34-26-7-5-4-6-25(26)33(39)40-3/h4-18H,19H2,1-3H3,(H,34,37). The number of carbonyl (C=O) groups is 3. The summed E-state index contributed by atoms with van der Waals surface area (Å²) < 4.78 is 10.00. The van der Waals surface area contributed by atoms with E-state index in [1.54, 1.807) is 36.4 Å². The molecule has 0 aliphatic rings. The van der Waals surface area contributed by atoms with Crippen LogP contribution >= 0.6 is 0 Å². The molecule has 1 N–H and O–H groups in total. The van der Waals surface area contributed by atoms with E-state index in [9.17, 15) is 14.4 Å². The highest BCUT2D eigenvalue weighted by atomic mass is 16.5. The number of amides is 1. The minimum atomic E-state index is -0.690. The lowest BCUT2D eigenvalue weighted by Gasteiger charge is -2.12. The molecule has 0 unspecified atom stereocenters. The molecule has 0 saturated carbocycles. The van der Waals surface area contributed by atoms with Crippen molar-refractivity contribution >= 4 is 34.6 Å². The SMILES string of the molecule is COC(=O)c1ccccc1NC(=O)COC(=O)c1ccc2nc(-c3ccc(C)cc3)c(-c3ccc(C)cc3)nc2c1. The summed E-state index contributed by atoms with van der Waals surface area (Å²) >= 11 is 0. The van der Waals surface area contributed by atoms with Gasteiger partial charge in [-0.1, -0.05) is 71.8 Å². The van der Waals surface area contributed by atoms with Gasteiger partial charge in [0.25, 0.3) is 5.91 Å². The zero-order chi connectivity index (χ0) is 28.9. The summed E-state index contributed by atoms with van der Waals surface area (Å²) in [6, 6.07) is 27.4. The predicted octanol–water partition coefficient (Wildman–Crippen LogP) is 6.16. The van der Waals surface area contributed by atoms with Crippen molar-refractivity contribution in [1.29, 1.82) is 0 Å². The number of esters is 2. The van der Waals surface area contributed by atoms with Crippen molar-refractivity contribution in [2.45, 2.75) is 13.8 Å². The number of nitrogens with one attached hydrogen (secondary N) is 1. The number of hydrogen-bond acceptors (Lipinski definition) is 7. The van der Waals surface area contributed by atoms with Crippen molar-refractivity contribution < 1.29 is 23.9 Å². The Morgan fingerprint density at radius 3 is 1.90 bits per heavy atom. The number of hydrogen-bond donors (Lipinski definition) is 1. The first-order chi connectivity index (χ1) is 19.8. The Morgan fingerprint density at radius 2 is 1.29 bits per heavy atom. The molecular weight excluding hydrogens is 518 g/mol. The molecule has 5 rings (SSSR count). The molecule has 41 heavy (non-hydrogen) atoms. The molecule has 0 aliphatic carbocycles. The van der Waals surface area contributed by atoms with E-state index >= 15 is 0 Å². The zero-order valence-corrected chi connectivity index (χ0v) is 22.8. The number of anilines is 1. The third-order valence-corrected chi connectivity index (χ3v) is 6.49. The lowest BCUT2D eigenvalue weighted by molar-refractivity contribution is -0.119. The molecule has 0 spiro atoms. The topological polar surface area (TPSA) is 107 Å². The summed E-state index contributed by atoms with van der Waals surface area (Å²) in [6.07, 6.45) is 0. The summed E-state index contributed by atoms with van der Waals surface area (Å²) in [5.41, 5.74) is 7.34. The van der Waals surface area contributed by atoms with E-state index in [2.05, 4.69) is 5.32 Å². The first kappa shape index (κ1) is 27.2. The minimum Gasteiger partial charge on any atom is -0.465 e. The maximum Gasteiger partial charge on any atom is 0.339 e. The van der Waals surface area contributed by atoms with Crippen LogP contribution in [-0.2, 0) is 14.3 Å². The van der Waals surface area contributed by atoms with Crippen molar-refractivity contribution in [2.75, 3.05) is 19.0 Å². The third kappa shape index (κ3) is 6.12. The van der Waals surface area contributed by atoms with Gasteiger partial charge >= 0.3 is 11.9 Å². The quantitative estimate of drug-likeness (QED) is 0.244. The van der Waals surface area contributed by atoms with Gasteiger partial charge in [-0.2, -0.15) is 0 Å². The first-order valence-electron chi connectivity index (χ1n) is 12.9. The molecule has 5 aromatic rings. The largest absolute Gasteiger partial charge is 0.465 e. The molecule has 204 valence electrons. The van der Waals surface area contributed by atoms with E-state index in [-0.39, 0.29) is 16.8 Å². The smallest absolute Gasteiger partial charge is 0.339 e. The van der Waals surface area contributed by atoms with Crippen LogP contribution in [0.5, 0.6) is 0 Å². The number of methoxy groups -OCH3 is 1. The Kier molecular flexibility index (Phi) is 7.83. The minimum absolute atomic E-state index is 0.192. The number of nitrogens with zero attached hydrogens (tertiary/aromatic N) is 2. The van der Waals surface area contributed by atoms with Crippen molar-refractivity contribution in [3.8, 4) is 22.5 Å². The van der Waals surface area contributed by atoms with Crippen LogP contribution in [0.2, 0.25) is 0 Å². The molecule has 8 heteroatoms. The number of para-hydroxylation sites is 1. The van der Waals surface area contributed by atoms with Gasteiger partial charge in [-0.15, -0.1) is 0 Å². The second kappa shape index (κ2) is 11.8. The lowest BCUT2D eigenvalue weighted by Crippen LogP contribution is -2.22. The average Bonchev–Trinajstić information content (AvgIpc) is 2.99. The number of ether oxygens (including phenoxy) is 2. The number of carbonyl (C=O) groups excluding carboxylic acids is 3. The number of fused-ring (bicyclic) bond motifs is 1. The fourth-order valence-corrected chi connectivity index (χ4v) is 4.29. The van der Waals surface area contributed by atoms with Crippen molar-refractivity contribution in [1.82, 2.24) is 9.97 Å². The van der Waals surface area contributed by atoms with E-state index < -0.39 is 24.5 Å². The van der Waals surface area contributed by atoms with Gasteiger partial charge < -0.3 is 14.8 Å². The van der Waals surface area contributed by atoms with Crippen LogP contribution in [0.4, 0.5) is 5.69 Å². The number of rotatable bonds is 7. The molecule has 0 atom stereocenters. The Hall–Kier alpha value is -5.37. The number of aryl methyl sites for hydroxylation is 2. The van der Waals surface area contributed by atoms with Gasteiger partial charge in [0.1, 0.15) is 0 Å². The maximum atomic E-state index is 12.9. The second-order valence-electron chi connectivity index (χ2n) is 9.52. The highest BCUT2D eigenvalue weighted by Crippen LogP contribution is 2.31. The maximum absolute atomic E-state index is 12.9. The first-order valence-corrected chi connectivity index (χ1v) is 12.9. The normalized spacial score (nSPS) is 10.7. The van der Waals surface area contributed by atoms with Crippen molar-refractivity contribution in [2.24, 2.45) is 0 Å². The molecule has 1 heterocycles. The van der Waals surface area contributed by atoms with E-state index in [0.29, 0.717) is 16.7 Å². The molecule has 1 amide bonds. The molecule has 1 aromatic heterocycles. The van der Waals surface area contributed by atoms with Crippen LogP contribution < -0.4 is 5.32 Å². The lowest BCUT2D eigenvalue weighted by atomic mass is 10.0. The summed E-state index contributed by atoms with van der Waals surface area (Å²) in [5.74, 6) is -1.88. The van der Waals surface area contributed by atoms with Crippen LogP contribution in [-0.4, -0.2) is 41.5 Å². The molecule has 0 bridgehead atoms. The third-order valence-electron chi connectivity index (χ3n) is 6.49. The molecular formula is C33H27N3O5. The van der Waals surface area contributed by atoms with Gasteiger partial charge in [-0.3, -0.25) is 4.79 Å². The second-order valence-corrected chi connectivity index (χ2v) is 9.52. The van der Waals surface area contributed by atoms with Gasteiger partial charge in [-0.05, 0) is 44.2 Å². The molecule has 0 aliphatic heterocycles. The number of benzene rings is 4. The van der Waals surface area contributed by atoms with Gasteiger partial charge in [0.05, 0.1) is 46.3 Å². The van der Waals surface area contributed by atoms with Gasteiger partial charge in [0.15, 0.2) is 6.61 Å². The Labute approximate surface area is 237 Å². The van der Waals surface area contributed by atoms with E-state index in [0.717, 1.165) is 27.9 Å². The molecule has 4 aromatic carbocycles. The predicted molar refractivity (Wildman–Crippen MR) is 157 cm³/mol. The van der Waals surface area contributed by atoms with Crippen LogP contribution in [0.3, 0.4) is 0 Å². The summed E-state index contributed by atoms with van der Waals surface area (Å²) in [5, 5.41) is 2.58. The summed E-state index contributed by atoms with van der Waals surface area (Å²) in [6.45, 7) is 3.51. The van der Waals surface area contributed by atoms with E-state index in [4.69, 9.17) is 19.4 Å². The fraction of sp³-hybridized carbons (Fsp3) is 0.121. The highest BCUT2D eigenvalue weighted by Gasteiger charge is 2.18. The highest BCUT2D eigenvalue weighted by molar-refractivity contribution is 6.02. The van der Waals surface area contributed by atoms with Crippen LogP contribution in [0.1, 0.15) is 31.8 Å². The van der Waals surface area contributed by atoms with Crippen LogP contribution in [0.15, 0.2) is 91.0 Å². The van der Waals surface area contributed by atoms with Crippen molar-refractivity contribution in [3.63, 3.8) is 0 Å². The Balaban J connectivity index is 1.40. The van der Waals surface area contributed by atoms with Crippen LogP contribution in [0.25, 0.3) is 33.5 Å². The molecule has 0 saturated heterocycles. The van der Waals surface area contributed by atoms with E-state index in [1.165, 1.54) is 13.2 Å². The van der Waals surface area contributed by atoms with Gasteiger partial charge in [-0.25, -0.2) is 19.6 Å². The zero-order valence-electron chi connectivity index (χ0n) is 22.8. The molecule has 0 fully saturated rings. The monoisotopic (exact) mass is 545 g/mol. The Morgan fingerprint density at radius 1 is 0.707 bits per heavy atom. The molecule has 8 nitrogen and oxygen atoms in total. The Bertz CT molecular complexity index is 1760. The molecule has 0 radical (unpaired) electrons. The van der Waals surface area contributed by atoms with Gasteiger partial charge in [0, 0.05) is 11.1 Å². The average molecular weight is 546 g/mol. The number of aromatic nitrogens is 2. The van der Waals surface area contributed by atoms with E-state index in [1.807, 2.05) is 62.4 Å². The fourth-order valence-electron chi connectivity index (χ4n) is 4.29. The summed E-state index contributed by atoms with van der Waals surface area (Å²) in [4.78, 5) is 47.1. The van der Waals surface area contributed by atoms with Crippen LogP contribution in [0, 0.1) is 13.8 Å². The van der Waals surface area contributed by atoms with Crippen molar-refractivity contribution in [3.05, 3.63) is 113 Å². The summed E-state index contributed by atoms with van der Waals surface area (Å²) in [7, 11) is 1.25. The van der Waals surface area contributed by atoms with Gasteiger partial charge in [0.2, 0.25) is 0 Å².